The lowest BCUT2D eigenvalue weighted by molar-refractivity contribution is -0.121. The number of hydrogen-bond acceptors (Lipinski definition) is 4. The standard InChI is InChI=1S/C14H18O4.2C2H6/c1-8(2)6-7-10-9(3)11(15)13(17-4)14(18-5)12(10)16;2*1-2/h6H,7H2,1-5H3;2*1-2H3. The van der Waals surface area contributed by atoms with Gasteiger partial charge in [0.25, 0.3) is 0 Å². The van der Waals surface area contributed by atoms with Crippen molar-refractivity contribution in [3.8, 4) is 0 Å². The lowest BCUT2D eigenvalue weighted by atomic mass is 9.90. The number of ether oxygens (including phenoxy) is 2. The van der Waals surface area contributed by atoms with Crippen LogP contribution in [0.5, 0.6) is 0 Å². The van der Waals surface area contributed by atoms with Gasteiger partial charge in [0.2, 0.25) is 23.1 Å². The smallest absolute Gasteiger partial charge is 0.228 e. The Balaban J connectivity index is 0. The number of hydrogen-bond donors (Lipinski definition) is 0. The molecular formula is C18H30O4. The summed E-state index contributed by atoms with van der Waals surface area (Å²) < 4.78 is 9.95. The first kappa shape index (κ1) is 22.4. The van der Waals surface area contributed by atoms with Crippen molar-refractivity contribution in [1.82, 2.24) is 0 Å². The molecule has 0 amide bonds. The summed E-state index contributed by atoms with van der Waals surface area (Å²) in [7, 11) is 2.71. The van der Waals surface area contributed by atoms with E-state index in [4.69, 9.17) is 9.47 Å². The van der Waals surface area contributed by atoms with Gasteiger partial charge in [0.1, 0.15) is 0 Å². The molecule has 0 saturated heterocycles. The zero-order chi connectivity index (χ0) is 17.9. The molecule has 0 saturated carbocycles. The van der Waals surface area contributed by atoms with Crippen LogP contribution < -0.4 is 0 Å². The molecule has 0 aromatic heterocycles. The molecule has 4 nitrogen and oxygen atoms in total. The molecule has 0 heterocycles. The van der Waals surface area contributed by atoms with Crippen LogP contribution in [0.2, 0.25) is 0 Å². The molecule has 0 unspecified atom stereocenters. The van der Waals surface area contributed by atoms with E-state index < -0.39 is 0 Å². The van der Waals surface area contributed by atoms with Crippen LogP contribution in [0.3, 0.4) is 0 Å². The molecule has 1 aliphatic carbocycles. The highest BCUT2D eigenvalue weighted by Gasteiger charge is 2.33. The maximum Gasteiger partial charge on any atom is 0.228 e. The Bertz CT molecular complexity index is 475. The zero-order valence-electron chi connectivity index (χ0n) is 15.4. The molecule has 126 valence electrons. The summed E-state index contributed by atoms with van der Waals surface area (Å²) in [5, 5.41) is 0. The summed E-state index contributed by atoms with van der Waals surface area (Å²) in [5.74, 6) is -0.582. The number of carbonyl (C=O) groups excluding carboxylic acids is 2. The van der Waals surface area contributed by atoms with Crippen LogP contribution in [-0.2, 0) is 19.1 Å². The average molecular weight is 310 g/mol. The van der Waals surface area contributed by atoms with Gasteiger partial charge in [-0.1, -0.05) is 39.3 Å². The second-order valence-electron chi connectivity index (χ2n) is 4.31. The van der Waals surface area contributed by atoms with Gasteiger partial charge in [0.15, 0.2) is 0 Å². The molecule has 0 fully saturated rings. The highest BCUT2D eigenvalue weighted by atomic mass is 16.5. The Morgan fingerprint density at radius 3 is 1.68 bits per heavy atom. The Kier molecular flexibility index (Phi) is 12.0. The van der Waals surface area contributed by atoms with Crippen molar-refractivity contribution >= 4 is 11.6 Å². The number of carbonyl (C=O) groups is 2. The highest BCUT2D eigenvalue weighted by Crippen LogP contribution is 2.27. The van der Waals surface area contributed by atoms with Crippen LogP contribution in [0, 0.1) is 0 Å². The van der Waals surface area contributed by atoms with Crippen LogP contribution >= 0.6 is 0 Å². The summed E-state index contributed by atoms with van der Waals surface area (Å²) in [5.41, 5.74) is 1.99. The normalized spacial score (nSPS) is 13.7. The third-order valence-electron chi connectivity index (χ3n) is 2.81. The molecule has 22 heavy (non-hydrogen) atoms. The third kappa shape index (κ3) is 5.51. The molecular weight excluding hydrogens is 280 g/mol. The number of rotatable bonds is 4. The van der Waals surface area contributed by atoms with Crippen LogP contribution in [0.1, 0.15) is 54.9 Å². The predicted octanol–water partition coefficient (Wildman–Crippen LogP) is 4.37. The van der Waals surface area contributed by atoms with Crippen molar-refractivity contribution in [2.45, 2.75) is 54.9 Å². The molecule has 0 spiro atoms. The minimum atomic E-state index is -0.286. The molecule has 0 radical (unpaired) electrons. The van der Waals surface area contributed by atoms with E-state index in [1.54, 1.807) is 6.92 Å². The monoisotopic (exact) mass is 310 g/mol. The van der Waals surface area contributed by atoms with E-state index in [2.05, 4.69) is 0 Å². The van der Waals surface area contributed by atoms with Gasteiger partial charge in [-0.25, -0.2) is 0 Å². The SMILES string of the molecule is CC.CC.COC1=C(OC)C(=O)C(CC=C(C)C)=C(C)C1=O. The summed E-state index contributed by atoms with van der Waals surface area (Å²) in [6.07, 6.45) is 2.34. The molecule has 0 atom stereocenters. The van der Waals surface area contributed by atoms with Crippen molar-refractivity contribution < 1.29 is 19.1 Å². The zero-order valence-corrected chi connectivity index (χ0v) is 15.4. The summed E-state index contributed by atoms with van der Waals surface area (Å²) in [4.78, 5) is 24.2. The fourth-order valence-corrected chi connectivity index (χ4v) is 1.74. The molecule has 0 N–H and O–H groups in total. The Hall–Kier alpha value is -1.84. The van der Waals surface area contributed by atoms with Gasteiger partial charge >= 0.3 is 0 Å². The Morgan fingerprint density at radius 1 is 0.909 bits per heavy atom. The summed E-state index contributed by atoms with van der Waals surface area (Å²) in [6.45, 7) is 13.5. The van der Waals surface area contributed by atoms with Crippen molar-refractivity contribution in [3.05, 3.63) is 34.3 Å². The highest BCUT2D eigenvalue weighted by molar-refractivity contribution is 6.23. The van der Waals surface area contributed by atoms with E-state index in [0.717, 1.165) is 5.57 Å². The van der Waals surface area contributed by atoms with Crippen molar-refractivity contribution in [3.63, 3.8) is 0 Å². The van der Waals surface area contributed by atoms with Crippen LogP contribution in [-0.4, -0.2) is 25.8 Å². The van der Waals surface area contributed by atoms with E-state index in [1.165, 1.54) is 14.2 Å². The fraction of sp³-hybridized carbons (Fsp3) is 0.556. The number of Topliss-reactive ketones (excluding diaryl/α,β-unsaturated/α-hetero) is 2. The van der Waals surface area contributed by atoms with Crippen LogP contribution in [0.25, 0.3) is 0 Å². The van der Waals surface area contributed by atoms with E-state index >= 15 is 0 Å². The van der Waals surface area contributed by atoms with Gasteiger partial charge < -0.3 is 9.47 Å². The lowest BCUT2D eigenvalue weighted by Crippen LogP contribution is -2.24. The topological polar surface area (TPSA) is 52.6 Å². The predicted molar refractivity (Wildman–Crippen MR) is 90.5 cm³/mol. The van der Waals surface area contributed by atoms with Gasteiger partial charge in [-0.15, -0.1) is 0 Å². The first-order chi connectivity index (χ1) is 10.4. The molecule has 1 aliphatic rings. The summed E-state index contributed by atoms with van der Waals surface area (Å²) in [6, 6.07) is 0. The Morgan fingerprint density at radius 2 is 1.32 bits per heavy atom. The maximum atomic E-state index is 12.2. The third-order valence-corrected chi connectivity index (χ3v) is 2.81. The molecule has 0 aliphatic heterocycles. The maximum absolute atomic E-state index is 12.2. The molecule has 0 aromatic carbocycles. The first-order valence-electron chi connectivity index (χ1n) is 7.68. The Labute approximate surface area is 134 Å². The molecule has 4 heteroatoms. The quantitative estimate of drug-likeness (QED) is 0.571. The lowest BCUT2D eigenvalue weighted by Gasteiger charge is -2.19. The second kappa shape index (κ2) is 11.8. The van der Waals surface area contributed by atoms with E-state index in [9.17, 15) is 9.59 Å². The van der Waals surface area contributed by atoms with Crippen LogP contribution in [0.4, 0.5) is 0 Å². The number of methoxy groups -OCH3 is 2. The van der Waals surface area contributed by atoms with Crippen molar-refractivity contribution in [2.24, 2.45) is 0 Å². The first-order valence-corrected chi connectivity index (χ1v) is 7.68. The number of allylic oxidation sites excluding steroid dienone is 4. The van der Waals surface area contributed by atoms with E-state index in [0.29, 0.717) is 17.6 Å². The van der Waals surface area contributed by atoms with Crippen LogP contribution in [0.15, 0.2) is 34.3 Å². The van der Waals surface area contributed by atoms with Crippen molar-refractivity contribution in [1.29, 1.82) is 0 Å². The molecule has 1 rings (SSSR count). The van der Waals surface area contributed by atoms with Gasteiger partial charge in [-0.2, -0.15) is 0 Å². The van der Waals surface area contributed by atoms with Gasteiger partial charge in [0.05, 0.1) is 14.2 Å². The van der Waals surface area contributed by atoms with Gasteiger partial charge in [-0.3, -0.25) is 9.59 Å². The fourth-order valence-electron chi connectivity index (χ4n) is 1.74. The second-order valence-corrected chi connectivity index (χ2v) is 4.31. The number of ketones is 2. The van der Waals surface area contributed by atoms with E-state index in [-0.39, 0.29) is 23.1 Å². The molecule has 0 bridgehead atoms. The van der Waals surface area contributed by atoms with Gasteiger partial charge in [-0.05, 0) is 27.2 Å². The molecule has 0 aromatic rings. The van der Waals surface area contributed by atoms with E-state index in [1.807, 2.05) is 47.6 Å². The minimum absolute atomic E-state index is 0.00902. The average Bonchev–Trinajstić information content (AvgIpc) is 2.54. The van der Waals surface area contributed by atoms with Crippen molar-refractivity contribution in [2.75, 3.05) is 14.2 Å². The largest absolute Gasteiger partial charge is 0.489 e. The minimum Gasteiger partial charge on any atom is -0.489 e. The summed E-state index contributed by atoms with van der Waals surface area (Å²) >= 11 is 0. The van der Waals surface area contributed by atoms with Gasteiger partial charge in [0, 0.05) is 11.1 Å².